The summed E-state index contributed by atoms with van der Waals surface area (Å²) in [6.45, 7) is 2.24. The molecule has 0 saturated carbocycles. The standard InChI is InChI=1S/C21H20BrNO2S2/c1-16-7-13-20(14-8-16)27(24,25)23-15-21(17-5-3-2-4-6-17)26-19-11-9-18(22)10-12-19/h2-14,21,23H,15H2,1H3. The molecule has 27 heavy (non-hydrogen) atoms. The van der Waals surface area contributed by atoms with E-state index in [0.29, 0.717) is 6.54 Å². The third-order valence-corrected chi connectivity index (χ3v) is 7.29. The number of thioether (sulfide) groups is 1. The molecular weight excluding hydrogens is 442 g/mol. The van der Waals surface area contributed by atoms with Gasteiger partial charge in [-0.1, -0.05) is 64.0 Å². The third kappa shape index (κ3) is 5.69. The van der Waals surface area contributed by atoms with Crippen molar-refractivity contribution in [2.24, 2.45) is 0 Å². The average molecular weight is 462 g/mol. The highest BCUT2D eigenvalue weighted by molar-refractivity contribution is 9.10. The molecule has 0 spiro atoms. The molecule has 1 atom stereocenters. The smallest absolute Gasteiger partial charge is 0.210 e. The van der Waals surface area contributed by atoms with Crippen molar-refractivity contribution in [1.29, 1.82) is 0 Å². The summed E-state index contributed by atoms with van der Waals surface area (Å²) in [4.78, 5) is 1.37. The Morgan fingerprint density at radius 1 is 0.926 bits per heavy atom. The number of sulfonamides is 1. The van der Waals surface area contributed by atoms with Gasteiger partial charge in [0.2, 0.25) is 10.0 Å². The van der Waals surface area contributed by atoms with Crippen LogP contribution in [0.3, 0.4) is 0 Å². The number of benzene rings is 3. The van der Waals surface area contributed by atoms with E-state index < -0.39 is 10.0 Å². The maximum Gasteiger partial charge on any atom is 0.240 e. The monoisotopic (exact) mass is 461 g/mol. The van der Waals surface area contributed by atoms with Crippen LogP contribution >= 0.6 is 27.7 Å². The Balaban J connectivity index is 1.79. The molecule has 6 heteroatoms. The van der Waals surface area contributed by atoms with E-state index in [9.17, 15) is 8.42 Å². The summed E-state index contributed by atoms with van der Waals surface area (Å²) in [5.74, 6) is 0. The molecule has 3 aromatic rings. The minimum atomic E-state index is -3.55. The van der Waals surface area contributed by atoms with E-state index in [1.165, 1.54) is 0 Å². The fourth-order valence-corrected chi connectivity index (χ4v) is 5.06. The first-order valence-electron chi connectivity index (χ1n) is 8.47. The molecule has 1 N–H and O–H groups in total. The maximum absolute atomic E-state index is 12.6. The molecule has 140 valence electrons. The average Bonchev–Trinajstić information content (AvgIpc) is 2.68. The second-order valence-corrected chi connectivity index (χ2v) is 10.1. The van der Waals surface area contributed by atoms with E-state index in [4.69, 9.17) is 0 Å². The summed E-state index contributed by atoms with van der Waals surface area (Å²) in [7, 11) is -3.55. The number of halogens is 1. The van der Waals surface area contributed by atoms with Crippen molar-refractivity contribution < 1.29 is 8.42 Å². The van der Waals surface area contributed by atoms with Gasteiger partial charge in [0.15, 0.2) is 0 Å². The predicted octanol–water partition coefficient (Wildman–Crippen LogP) is 5.57. The lowest BCUT2D eigenvalue weighted by Gasteiger charge is -2.18. The van der Waals surface area contributed by atoms with Gasteiger partial charge in [-0.2, -0.15) is 0 Å². The number of hydrogen-bond acceptors (Lipinski definition) is 3. The van der Waals surface area contributed by atoms with Gasteiger partial charge in [0, 0.05) is 21.2 Å². The molecule has 0 fully saturated rings. The molecule has 0 aliphatic carbocycles. The van der Waals surface area contributed by atoms with Crippen LogP contribution in [0.5, 0.6) is 0 Å². The summed E-state index contributed by atoms with van der Waals surface area (Å²) in [6.07, 6.45) is 0. The Hall–Kier alpha value is -1.60. The van der Waals surface area contributed by atoms with E-state index in [2.05, 4.69) is 20.7 Å². The Morgan fingerprint density at radius 2 is 1.56 bits per heavy atom. The topological polar surface area (TPSA) is 46.2 Å². The summed E-state index contributed by atoms with van der Waals surface area (Å²) < 4.78 is 29.1. The minimum absolute atomic E-state index is 0.0346. The zero-order valence-electron chi connectivity index (χ0n) is 14.8. The molecule has 1 unspecified atom stereocenters. The quantitative estimate of drug-likeness (QED) is 0.467. The molecule has 0 saturated heterocycles. The van der Waals surface area contributed by atoms with Crippen LogP contribution in [0, 0.1) is 6.92 Å². The summed E-state index contributed by atoms with van der Waals surface area (Å²) in [5, 5.41) is -0.0346. The van der Waals surface area contributed by atoms with Gasteiger partial charge in [0.25, 0.3) is 0 Å². The molecule has 0 aliphatic rings. The van der Waals surface area contributed by atoms with Crippen molar-refractivity contribution in [2.75, 3.05) is 6.54 Å². The van der Waals surface area contributed by atoms with E-state index in [0.717, 1.165) is 20.5 Å². The van der Waals surface area contributed by atoms with Gasteiger partial charge >= 0.3 is 0 Å². The lowest BCUT2D eigenvalue weighted by molar-refractivity contribution is 0.581. The maximum atomic E-state index is 12.6. The predicted molar refractivity (Wildman–Crippen MR) is 116 cm³/mol. The number of hydrogen-bond donors (Lipinski definition) is 1. The van der Waals surface area contributed by atoms with Gasteiger partial charge in [-0.05, 0) is 48.9 Å². The Bertz CT molecular complexity index is 973. The normalized spacial score (nSPS) is 12.7. The molecule has 0 amide bonds. The third-order valence-electron chi connectivity index (χ3n) is 4.05. The van der Waals surface area contributed by atoms with Crippen LogP contribution in [0.1, 0.15) is 16.4 Å². The van der Waals surface area contributed by atoms with Gasteiger partial charge in [0.1, 0.15) is 0 Å². The highest BCUT2D eigenvalue weighted by atomic mass is 79.9. The first kappa shape index (κ1) is 20.1. The highest BCUT2D eigenvalue weighted by Gasteiger charge is 2.19. The van der Waals surface area contributed by atoms with Crippen molar-refractivity contribution in [3.63, 3.8) is 0 Å². The minimum Gasteiger partial charge on any atom is -0.210 e. The molecular formula is C21H20BrNO2S2. The van der Waals surface area contributed by atoms with Crippen LogP contribution in [0.25, 0.3) is 0 Å². The second-order valence-electron chi connectivity index (χ2n) is 6.14. The second kappa shape index (κ2) is 9.06. The van der Waals surface area contributed by atoms with E-state index in [-0.39, 0.29) is 10.1 Å². The molecule has 3 nitrogen and oxygen atoms in total. The Kier molecular flexibility index (Phi) is 6.76. The molecule has 0 radical (unpaired) electrons. The van der Waals surface area contributed by atoms with Gasteiger partial charge in [-0.3, -0.25) is 0 Å². The van der Waals surface area contributed by atoms with Gasteiger partial charge in [0.05, 0.1) is 4.90 Å². The van der Waals surface area contributed by atoms with Crippen molar-refractivity contribution in [2.45, 2.75) is 22.0 Å². The molecule has 0 aromatic heterocycles. The van der Waals surface area contributed by atoms with Crippen LogP contribution in [-0.2, 0) is 10.0 Å². The molecule has 3 aromatic carbocycles. The SMILES string of the molecule is Cc1ccc(S(=O)(=O)NCC(Sc2ccc(Br)cc2)c2ccccc2)cc1. The number of aryl methyl sites for hydroxylation is 1. The van der Waals surface area contributed by atoms with E-state index >= 15 is 0 Å². The summed E-state index contributed by atoms with van der Waals surface area (Å²) in [6, 6.07) is 24.9. The summed E-state index contributed by atoms with van der Waals surface area (Å²) in [5.41, 5.74) is 2.11. The first-order chi connectivity index (χ1) is 12.9. The largest absolute Gasteiger partial charge is 0.240 e. The van der Waals surface area contributed by atoms with E-state index in [1.807, 2.05) is 61.5 Å². The van der Waals surface area contributed by atoms with E-state index in [1.54, 1.807) is 36.0 Å². The first-order valence-corrected chi connectivity index (χ1v) is 11.6. The van der Waals surface area contributed by atoms with Crippen LogP contribution in [-0.4, -0.2) is 15.0 Å². The number of nitrogens with one attached hydrogen (secondary N) is 1. The van der Waals surface area contributed by atoms with Crippen molar-refractivity contribution >= 4 is 37.7 Å². The van der Waals surface area contributed by atoms with Crippen LogP contribution < -0.4 is 4.72 Å². The molecule has 0 heterocycles. The van der Waals surface area contributed by atoms with Gasteiger partial charge in [-0.15, -0.1) is 11.8 Å². The van der Waals surface area contributed by atoms with Crippen LogP contribution in [0.2, 0.25) is 0 Å². The Morgan fingerprint density at radius 3 is 2.19 bits per heavy atom. The lowest BCUT2D eigenvalue weighted by atomic mass is 10.1. The van der Waals surface area contributed by atoms with Gasteiger partial charge < -0.3 is 0 Å². The van der Waals surface area contributed by atoms with Crippen LogP contribution in [0.4, 0.5) is 0 Å². The van der Waals surface area contributed by atoms with Crippen molar-refractivity contribution in [3.05, 3.63) is 94.5 Å². The number of rotatable bonds is 7. The summed E-state index contributed by atoms with van der Waals surface area (Å²) >= 11 is 5.08. The molecule has 3 rings (SSSR count). The van der Waals surface area contributed by atoms with Crippen molar-refractivity contribution in [3.8, 4) is 0 Å². The van der Waals surface area contributed by atoms with Crippen LogP contribution in [0.15, 0.2) is 93.1 Å². The lowest BCUT2D eigenvalue weighted by Crippen LogP contribution is -2.27. The molecule has 0 bridgehead atoms. The van der Waals surface area contributed by atoms with Gasteiger partial charge in [-0.25, -0.2) is 13.1 Å². The highest BCUT2D eigenvalue weighted by Crippen LogP contribution is 2.35. The zero-order chi connectivity index (χ0) is 19.3. The fraction of sp³-hybridized carbons (Fsp3) is 0.143. The Labute approximate surface area is 173 Å². The fourth-order valence-electron chi connectivity index (χ4n) is 2.56. The zero-order valence-corrected chi connectivity index (χ0v) is 18.0. The van der Waals surface area contributed by atoms with Crippen molar-refractivity contribution in [1.82, 2.24) is 4.72 Å². The molecule has 0 aliphatic heterocycles.